The first kappa shape index (κ1) is 11.7. The molecular formula is C9H17N5O. The molecule has 2 atom stereocenters. The van der Waals surface area contributed by atoms with Gasteiger partial charge in [-0.1, -0.05) is 0 Å². The lowest BCUT2D eigenvalue weighted by Gasteiger charge is -2.14. The van der Waals surface area contributed by atoms with Crippen LogP contribution in [0.4, 0.5) is 0 Å². The molecular weight excluding hydrogens is 194 g/mol. The molecule has 1 rings (SSSR count). The maximum absolute atomic E-state index is 11.4. The van der Waals surface area contributed by atoms with Crippen molar-refractivity contribution in [3.8, 4) is 0 Å². The fourth-order valence-electron chi connectivity index (χ4n) is 1.10. The van der Waals surface area contributed by atoms with E-state index in [-0.39, 0.29) is 11.9 Å². The minimum Gasteiger partial charge on any atom is -0.354 e. The van der Waals surface area contributed by atoms with Crippen LogP contribution in [0.5, 0.6) is 0 Å². The van der Waals surface area contributed by atoms with E-state index in [1.165, 1.54) is 0 Å². The van der Waals surface area contributed by atoms with Crippen LogP contribution in [0.2, 0.25) is 0 Å². The summed E-state index contributed by atoms with van der Waals surface area (Å²) in [6, 6.07) is -0.987. The lowest BCUT2D eigenvalue weighted by Crippen LogP contribution is -2.50. The molecule has 6 heteroatoms. The Hall–Kier alpha value is -1.40. The largest absolute Gasteiger partial charge is 0.354 e. The van der Waals surface area contributed by atoms with Crippen LogP contribution in [-0.2, 0) is 11.2 Å². The fourth-order valence-corrected chi connectivity index (χ4v) is 1.10. The second kappa shape index (κ2) is 5.47. The van der Waals surface area contributed by atoms with E-state index >= 15 is 0 Å². The van der Waals surface area contributed by atoms with E-state index in [9.17, 15) is 4.79 Å². The van der Waals surface area contributed by atoms with Gasteiger partial charge in [0.15, 0.2) is 0 Å². The van der Waals surface area contributed by atoms with E-state index in [2.05, 4.69) is 15.3 Å². The van der Waals surface area contributed by atoms with E-state index in [0.29, 0.717) is 13.0 Å². The quantitative estimate of drug-likeness (QED) is 0.487. The van der Waals surface area contributed by atoms with Gasteiger partial charge in [-0.2, -0.15) is 0 Å². The highest BCUT2D eigenvalue weighted by molar-refractivity contribution is 5.82. The van der Waals surface area contributed by atoms with E-state index in [1.54, 1.807) is 19.4 Å². The molecule has 0 radical (unpaired) electrons. The van der Waals surface area contributed by atoms with Crippen molar-refractivity contribution < 1.29 is 4.79 Å². The molecule has 1 aromatic heterocycles. The molecule has 0 aliphatic heterocycles. The van der Waals surface area contributed by atoms with Gasteiger partial charge in [-0.25, -0.2) is 4.98 Å². The number of aromatic amines is 1. The maximum atomic E-state index is 11.4. The summed E-state index contributed by atoms with van der Waals surface area (Å²) in [6.07, 6.45) is 4.07. The summed E-state index contributed by atoms with van der Waals surface area (Å²) < 4.78 is 0. The third-order valence-corrected chi connectivity index (χ3v) is 2.10. The molecule has 1 heterocycles. The van der Waals surface area contributed by atoms with Crippen LogP contribution in [0.3, 0.4) is 0 Å². The van der Waals surface area contributed by atoms with Gasteiger partial charge in [0, 0.05) is 25.2 Å². The molecule has 6 nitrogen and oxygen atoms in total. The zero-order chi connectivity index (χ0) is 11.3. The van der Waals surface area contributed by atoms with Crippen molar-refractivity contribution >= 4 is 5.91 Å². The van der Waals surface area contributed by atoms with Crippen LogP contribution < -0.4 is 16.8 Å². The van der Waals surface area contributed by atoms with Gasteiger partial charge in [-0.05, 0) is 6.92 Å². The summed E-state index contributed by atoms with van der Waals surface area (Å²) >= 11 is 0. The van der Waals surface area contributed by atoms with Crippen molar-refractivity contribution in [1.29, 1.82) is 0 Å². The van der Waals surface area contributed by atoms with Crippen molar-refractivity contribution in [2.24, 2.45) is 11.5 Å². The number of nitrogens with zero attached hydrogens (tertiary/aromatic N) is 1. The lowest BCUT2D eigenvalue weighted by molar-refractivity contribution is -0.122. The third-order valence-electron chi connectivity index (χ3n) is 2.10. The van der Waals surface area contributed by atoms with E-state index < -0.39 is 6.04 Å². The molecule has 0 saturated carbocycles. The molecule has 2 unspecified atom stereocenters. The monoisotopic (exact) mass is 211 g/mol. The van der Waals surface area contributed by atoms with Gasteiger partial charge in [0.2, 0.25) is 5.91 Å². The number of nitrogens with one attached hydrogen (secondary N) is 2. The number of aromatic nitrogens is 2. The van der Waals surface area contributed by atoms with Crippen LogP contribution in [0.1, 0.15) is 12.6 Å². The van der Waals surface area contributed by atoms with Crippen LogP contribution in [0, 0.1) is 0 Å². The molecule has 1 aromatic rings. The van der Waals surface area contributed by atoms with Gasteiger partial charge in [0.05, 0.1) is 18.1 Å². The average molecular weight is 211 g/mol. The predicted molar refractivity (Wildman–Crippen MR) is 56.9 cm³/mol. The van der Waals surface area contributed by atoms with Crippen molar-refractivity contribution in [3.05, 3.63) is 18.2 Å². The van der Waals surface area contributed by atoms with Crippen molar-refractivity contribution in [1.82, 2.24) is 15.3 Å². The van der Waals surface area contributed by atoms with Crippen LogP contribution in [-0.4, -0.2) is 34.5 Å². The fraction of sp³-hybridized carbons (Fsp3) is 0.556. The average Bonchev–Trinajstić information content (AvgIpc) is 2.69. The van der Waals surface area contributed by atoms with Gasteiger partial charge in [0.1, 0.15) is 0 Å². The smallest absolute Gasteiger partial charge is 0.238 e. The molecule has 0 aliphatic rings. The normalized spacial score (nSPS) is 14.6. The number of amides is 1. The first-order valence-electron chi connectivity index (χ1n) is 4.88. The standard InChI is InChI=1S/C9H17N5O/c1-6(10)8(11)9(15)13-3-2-7-4-12-5-14-7/h4-6,8H,2-3,10-11H2,1H3,(H,12,14)(H,13,15). The Morgan fingerprint density at radius 3 is 2.93 bits per heavy atom. The minimum atomic E-state index is -0.649. The molecule has 6 N–H and O–H groups in total. The summed E-state index contributed by atoms with van der Waals surface area (Å²) in [5, 5.41) is 2.70. The summed E-state index contributed by atoms with van der Waals surface area (Å²) in [5.41, 5.74) is 12.0. The first-order chi connectivity index (χ1) is 7.11. The maximum Gasteiger partial charge on any atom is 0.238 e. The van der Waals surface area contributed by atoms with Gasteiger partial charge >= 0.3 is 0 Å². The van der Waals surface area contributed by atoms with Gasteiger partial charge in [-0.15, -0.1) is 0 Å². The SMILES string of the molecule is CC(N)C(N)C(=O)NCCc1c[nH]cn1. The van der Waals surface area contributed by atoms with Crippen LogP contribution in [0.25, 0.3) is 0 Å². The Kier molecular flexibility index (Phi) is 4.26. The molecule has 0 spiro atoms. The Labute approximate surface area is 88.4 Å². The number of imidazole rings is 1. The second-order valence-electron chi connectivity index (χ2n) is 3.49. The van der Waals surface area contributed by atoms with Crippen LogP contribution in [0.15, 0.2) is 12.5 Å². The zero-order valence-corrected chi connectivity index (χ0v) is 8.73. The van der Waals surface area contributed by atoms with E-state index in [0.717, 1.165) is 5.69 Å². The van der Waals surface area contributed by atoms with Gasteiger partial charge in [-0.3, -0.25) is 4.79 Å². The Morgan fingerprint density at radius 2 is 2.40 bits per heavy atom. The highest BCUT2D eigenvalue weighted by Crippen LogP contribution is 1.91. The molecule has 0 saturated heterocycles. The lowest BCUT2D eigenvalue weighted by atomic mass is 10.1. The van der Waals surface area contributed by atoms with Crippen LogP contribution >= 0.6 is 0 Å². The Morgan fingerprint density at radius 1 is 1.67 bits per heavy atom. The third kappa shape index (κ3) is 3.69. The number of carbonyl (C=O) groups excluding carboxylic acids is 1. The molecule has 0 bridgehead atoms. The highest BCUT2D eigenvalue weighted by atomic mass is 16.2. The first-order valence-corrected chi connectivity index (χ1v) is 4.88. The number of H-pyrrole nitrogens is 1. The topological polar surface area (TPSA) is 110 Å². The molecule has 1 amide bonds. The predicted octanol–water partition coefficient (Wildman–Crippen LogP) is -1.26. The van der Waals surface area contributed by atoms with Crippen molar-refractivity contribution in [2.75, 3.05) is 6.54 Å². The minimum absolute atomic E-state index is 0.222. The Bertz CT molecular complexity index is 295. The number of carbonyl (C=O) groups is 1. The summed E-state index contributed by atoms with van der Waals surface area (Å²) in [5.74, 6) is -0.222. The summed E-state index contributed by atoms with van der Waals surface area (Å²) in [7, 11) is 0. The van der Waals surface area contributed by atoms with Gasteiger partial charge < -0.3 is 21.8 Å². The molecule has 15 heavy (non-hydrogen) atoms. The summed E-state index contributed by atoms with van der Waals surface area (Å²) in [6.45, 7) is 2.22. The van der Waals surface area contributed by atoms with Crippen molar-refractivity contribution in [3.63, 3.8) is 0 Å². The molecule has 0 aromatic carbocycles. The van der Waals surface area contributed by atoms with Crippen molar-refractivity contribution in [2.45, 2.75) is 25.4 Å². The molecule has 84 valence electrons. The highest BCUT2D eigenvalue weighted by Gasteiger charge is 2.16. The number of hydrogen-bond donors (Lipinski definition) is 4. The number of nitrogens with two attached hydrogens (primary N) is 2. The van der Waals surface area contributed by atoms with E-state index in [1.807, 2.05) is 0 Å². The zero-order valence-electron chi connectivity index (χ0n) is 8.73. The number of rotatable bonds is 5. The van der Waals surface area contributed by atoms with Gasteiger partial charge in [0.25, 0.3) is 0 Å². The summed E-state index contributed by atoms with van der Waals surface area (Å²) in [4.78, 5) is 18.2. The number of hydrogen-bond acceptors (Lipinski definition) is 4. The van der Waals surface area contributed by atoms with E-state index in [4.69, 9.17) is 11.5 Å². The molecule has 0 fully saturated rings. The molecule has 0 aliphatic carbocycles. The second-order valence-corrected chi connectivity index (χ2v) is 3.49. The Balaban J connectivity index is 2.23.